The van der Waals surface area contributed by atoms with Crippen molar-refractivity contribution in [2.24, 2.45) is 5.92 Å². The van der Waals surface area contributed by atoms with Gasteiger partial charge in [-0.15, -0.1) is 0 Å². The van der Waals surface area contributed by atoms with Crippen molar-refractivity contribution in [3.63, 3.8) is 0 Å². The molecule has 0 spiro atoms. The molecule has 0 aromatic rings. The molecule has 3 fully saturated rings. The summed E-state index contributed by atoms with van der Waals surface area (Å²) in [6.07, 6.45) is 9.62. The third-order valence-electron chi connectivity index (χ3n) is 6.37. The molecule has 1 saturated carbocycles. The van der Waals surface area contributed by atoms with Crippen LogP contribution in [0.3, 0.4) is 0 Å². The molecule has 0 N–H and O–H groups in total. The quantitative estimate of drug-likeness (QED) is 0.692. The zero-order valence-electron chi connectivity index (χ0n) is 15.6. The minimum atomic E-state index is -3.09. The van der Waals surface area contributed by atoms with Crippen molar-refractivity contribution in [2.45, 2.75) is 50.2 Å². The molecule has 7 heteroatoms. The van der Waals surface area contributed by atoms with Gasteiger partial charge in [0, 0.05) is 32.7 Å². The van der Waals surface area contributed by atoms with Gasteiger partial charge in [0.1, 0.15) is 0 Å². The van der Waals surface area contributed by atoms with Crippen molar-refractivity contribution >= 4 is 15.9 Å². The molecular formula is C19H31N3O3S. The van der Waals surface area contributed by atoms with E-state index >= 15 is 0 Å². The number of fused-ring (bicyclic) bond motifs is 1. The van der Waals surface area contributed by atoms with Crippen LogP contribution in [0.5, 0.6) is 0 Å². The van der Waals surface area contributed by atoms with Gasteiger partial charge in [-0.25, -0.2) is 12.7 Å². The summed E-state index contributed by atoms with van der Waals surface area (Å²) >= 11 is 0. The molecule has 0 aromatic carbocycles. The van der Waals surface area contributed by atoms with Crippen LogP contribution in [0.25, 0.3) is 0 Å². The third kappa shape index (κ3) is 3.99. The van der Waals surface area contributed by atoms with E-state index in [4.69, 9.17) is 0 Å². The Labute approximate surface area is 157 Å². The van der Waals surface area contributed by atoms with E-state index in [2.05, 4.69) is 11.0 Å². The van der Waals surface area contributed by atoms with Gasteiger partial charge in [-0.2, -0.15) is 0 Å². The van der Waals surface area contributed by atoms with E-state index in [1.807, 2.05) is 4.90 Å². The molecule has 0 bridgehead atoms. The zero-order chi connectivity index (χ0) is 18.1. The van der Waals surface area contributed by atoms with Crippen LogP contribution >= 0.6 is 0 Å². The highest BCUT2D eigenvalue weighted by atomic mass is 32.2. The van der Waals surface area contributed by atoms with Crippen LogP contribution in [-0.2, 0) is 14.8 Å². The summed E-state index contributed by atoms with van der Waals surface area (Å²) in [7, 11) is -3.09. The molecule has 2 heterocycles. The normalized spacial score (nSPS) is 29.0. The number of nitrogens with zero attached hydrogens (tertiary/aromatic N) is 3. The van der Waals surface area contributed by atoms with E-state index in [0.29, 0.717) is 32.1 Å². The fourth-order valence-corrected chi connectivity index (χ4v) is 6.45. The summed E-state index contributed by atoms with van der Waals surface area (Å²) in [5.74, 6) is 0.903. The Morgan fingerprint density at radius 1 is 1.00 bits per heavy atom. The lowest BCUT2D eigenvalue weighted by atomic mass is 9.82. The van der Waals surface area contributed by atoms with Crippen LogP contribution < -0.4 is 0 Å². The molecule has 4 aliphatic rings. The fraction of sp³-hybridized carbons (Fsp3) is 0.842. The number of hydrogen-bond acceptors (Lipinski definition) is 4. The Kier molecular flexibility index (Phi) is 5.39. The van der Waals surface area contributed by atoms with Crippen molar-refractivity contribution in [3.05, 3.63) is 11.6 Å². The highest BCUT2D eigenvalue weighted by Crippen LogP contribution is 2.32. The molecule has 1 unspecified atom stereocenters. The first-order valence-corrected chi connectivity index (χ1v) is 11.7. The number of piperidine rings is 1. The number of carbonyl (C=O) groups is 1. The average Bonchev–Trinajstić information content (AvgIpc) is 3.49. The van der Waals surface area contributed by atoms with Gasteiger partial charge >= 0.3 is 0 Å². The number of hydrogen-bond donors (Lipinski definition) is 0. The smallest absolute Gasteiger partial charge is 0.237 e. The molecule has 0 radical (unpaired) electrons. The van der Waals surface area contributed by atoms with Gasteiger partial charge < -0.3 is 4.90 Å². The van der Waals surface area contributed by atoms with Crippen LogP contribution in [0, 0.1) is 5.92 Å². The van der Waals surface area contributed by atoms with Crippen LogP contribution in [0.15, 0.2) is 11.6 Å². The van der Waals surface area contributed by atoms with Gasteiger partial charge in [-0.05, 0) is 57.4 Å². The van der Waals surface area contributed by atoms with E-state index in [9.17, 15) is 13.2 Å². The van der Waals surface area contributed by atoms with E-state index in [-0.39, 0.29) is 11.2 Å². The Hall–Kier alpha value is -0.920. The predicted octanol–water partition coefficient (Wildman–Crippen LogP) is 1.45. The summed E-state index contributed by atoms with van der Waals surface area (Å²) in [6, 6.07) is 0. The number of amides is 1. The molecule has 2 saturated heterocycles. The maximum atomic E-state index is 12.8. The van der Waals surface area contributed by atoms with E-state index in [1.54, 1.807) is 4.31 Å². The molecule has 4 rings (SSSR count). The van der Waals surface area contributed by atoms with Crippen LogP contribution in [0.4, 0.5) is 0 Å². The van der Waals surface area contributed by atoms with Crippen LogP contribution in [-0.4, -0.2) is 79.5 Å². The molecule has 0 aromatic heterocycles. The standard InChI is InChI=1S/C19H31N3O3S/c23-19(21-11-8-16-4-1-2-5-17(16)14-21)15-20-9-3-10-22(13-12-20)26(24,25)18-6-7-18/h5,16,18H,1-4,6-15H2. The van der Waals surface area contributed by atoms with Crippen molar-refractivity contribution in [3.8, 4) is 0 Å². The van der Waals surface area contributed by atoms with Crippen LogP contribution in [0.1, 0.15) is 44.9 Å². The van der Waals surface area contributed by atoms with Crippen molar-refractivity contribution in [1.29, 1.82) is 0 Å². The van der Waals surface area contributed by atoms with E-state index < -0.39 is 10.0 Å². The van der Waals surface area contributed by atoms with Gasteiger partial charge in [0.15, 0.2) is 0 Å². The Morgan fingerprint density at radius 2 is 1.85 bits per heavy atom. The van der Waals surface area contributed by atoms with Crippen molar-refractivity contribution in [1.82, 2.24) is 14.1 Å². The predicted molar refractivity (Wildman–Crippen MR) is 101 cm³/mol. The Balaban J connectivity index is 1.30. The maximum Gasteiger partial charge on any atom is 0.237 e. The Morgan fingerprint density at radius 3 is 2.65 bits per heavy atom. The SMILES string of the molecule is O=C(CN1CCCN(S(=O)(=O)C2CC2)CC1)N1CCC2CCCC=C2C1. The van der Waals surface area contributed by atoms with Crippen LogP contribution in [0.2, 0.25) is 0 Å². The molecular weight excluding hydrogens is 350 g/mol. The second kappa shape index (κ2) is 7.60. The minimum absolute atomic E-state index is 0.138. The lowest BCUT2D eigenvalue weighted by molar-refractivity contribution is -0.132. The molecule has 1 atom stereocenters. The largest absolute Gasteiger partial charge is 0.338 e. The summed E-state index contributed by atoms with van der Waals surface area (Å²) in [6.45, 7) is 4.70. The first-order valence-electron chi connectivity index (χ1n) is 10.2. The summed E-state index contributed by atoms with van der Waals surface area (Å²) in [5, 5.41) is -0.138. The second-order valence-electron chi connectivity index (χ2n) is 8.28. The van der Waals surface area contributed by atoms with Gasteiger partial charge in [-0.1, -0.05) is 11.6 Å². The number of allylic oxidation sites excluding steroid dienone is 1. The highest BCUT2D eigenvalue weighted by Gasteiger charge is 2.40. The van der Waals surface area contributed by atoms with E-state index in [1.165, 1.54) is 18.4 Å². The summed E-state index contributed by atoms with van der Waals surface area (Å²) < 4.78 is 26.5. The topological polar surface area (TPSA) is 60.9 Å². The van der Waals surface area contributed by atoms with Gasteiger partial charge in [-0.3, -0.25) is 9.69 Å². The lowest BCUT2D eigenvalue weighted by Crippen LogP contribution is -2.46. The first kappa shape index (κ1) is 18.4. The molecule has 2 aliphatic carbocycles. The number of likely N-dealkylation sites (tertiary alicyclic amines) is 1. The Bertz CT molecular complexity index is 672. The molecule has 26 heavy (non-hydrogen) atoms. The fourth-order valence-electron chi connectivity index (χ4n) is 4.58. The van der Waals surface area contributed by atoms with E-state index in [0.717, 1.165) is 51.7 Å². The first-order chi connectivity index (χ1) is 12.5. The van der Waals surface area contributed by atoms with Crippen molar-refractivity contribution in [2.75, 3.05) is 45.8 Å². The summed E-state index contributed by atoms with van der Waals surface area (Å²) in [4.78, 5) is 16.9. The van der Waals surface area contributed by atoms with Crippen molar-refractivity contribution < 1.29 is 13.2 Å². The molecule has 6 nitrogen and oxygen atoms in total. The number of rotatable bonds is 4. The second-order valence-corrected chi connectivity index (χ2v) is 10.5. The third-order valence-corrected chi connectivity index (χ3v) is 8.77. The van der Waals surface area contributed by atoms with Gasteiger partial charge in [0.25, 0.3) is 0 Å². The maximum absolute atomic E-state index is 12.8. The molecule has 1 amide bonds. The lowest BCUT2D eigenvalue weighted by Gasteiger charge is -2.37. The number of sulfonamides is 1. The number of carbonyl (C=O) groups excluding carboxylic acids is 1. The monoisotopic (exact) mass is 381 g/mol. The van der Waals surface area contributed by atoms with Gasteiger partial charge in [0.05, 0.1) is 11.8 Å². The summed E-state index contributed by atoms with van der Waals surface area (Å²) in [5.41, 5.74) is 1.47. The zero-order valence-corrected chi connectivity index (χ0v) is 16.4. The van der Waals surface area contributed by atoms with Gasteiger partial charge in [0.2, 0.25) is 15.9 Å². The minimum Gasteiger partial charge on any atom is -0.338 e. The highest BCUT2D eigenvalue weighted by molar-refractivity contribution is 7.90. The molecule has 2 aliphatic heterocycles. The molecule has 146 valence electrons. The average molecular weight is 382 g/mol.